The second-order valence-electron chi connectivity index (χ2n) is 3.42. The first-order valence-electron chi connectivity index (χ1n) is 4.66. The number of hydrogen-bond acceptors (Lipinski definition) is 2. The van der Waals surface area contributed by atoms with E-state index in [9.17, 15) is 4.79 Å². The molecule has 0 atom stereocenters. The summed E-state index contributed by atoms with van der Waals surface area (Å²) in [6.45, 7) is 0.296. The zero-order valence-corrected chi connectivity index (χ0v) is 12.7. The molecule has 0 unspecified atom stereocenters. The van der Waals surface area contributed by atoms with E-state index in [0.29, 0.717) is 12.4 Å². The van der Waals surface area contributed by atoms with E-state index in [0.717, 1.165) is 12.8 Å². The number of aliphatic hydroxyl groups is 1. The van der Waals surface area contributed by atoms with Crippen molar-refractivity contribution in [3.8, 4) is 0 Å². The van der Waals surface area contributed by atoms with Crippen LogP contribution in [0.5, 0.6) is 0 Å². The number of hydrogen-bond donors (Lipinski definition) is 1. The van der Waals surface area contributed by atoms with E-state index in [4.69, 9.17) is 5.11 Å². The predicted molar refractivity (Wildman–Crippen MR) is 49.8 cm³/mol. The van der Waals surface area contributed by atoms with Gasteiger partial charge in [-0.3, -0.25) is 0 Å². The molecule has 1 aliphatic carbocycles. The second-order valence-corrected chi connectivity index (χ2v) is 7.36. The molecule has 0 aromatic heterocycles. The Bertz CT molecular complexity index is 315. The van der Waals surface area contributed by atoms with E-state index in [-0.39, 0.29) is 53.5 Å². The molecule has 0 saturated carbocycles. The van der Waals surface area contributed by atoms with Crippen molar-refractivity contribution in [3.05, 3.63) is 20.3 Å². The first-order chi connectivity index (χ1) is 6.33. The van der Waals surface area contributed by atoms with Crippen LogP contribution < -0.4 is 24.8 Å². The van der Waals surface area contributed by atoms with Gasteiger partial charge in [-0.2, -0.15) is 0 Å². The van der Waals surface area contributed by atoms with Gasteiger partial charge in [0.1, 0.15) is 0 Å². The number of allylic oxidation sites excluding steroid dienone is 4. The number of unbranched alkanes of at least 4 members (excludes halogenated alkanes) is 1. The fourth-order valence-corrected chi connectivity index (χ4v) is 6.00. The zero-order chi connectivity index (χ0) is 9.26. The summed E-state index contributed by atoms with van der Waals surface area (Å²) in [7, 11) is -0.0251. The molecule has 1 N–H and O–H groups in total. The third kappa shape index (κ3) is 3.84. The van der Waals surface area contributed by atoms with E-state index >= 15 is 0 Å². The summed E-state index contributed by atoms with van der Waals surface area (Å²) >= 11 is -0.161. The van der Waals surface area contributed by atoms with Gasteiger partial charge in [0.05, 0.1) is 0 Å². The maximum atomic E-state index is 11.3. The molecule has 1 heterocycles. The Morgan fingerprint density at radius 3 is 2.60 bits per heavy atom. The van der Waals surface area contributed by atoms with Crippen molar-refractivity contribution in [1.82, 2.24) is 0 Å². The quantitative estimate of drug-likeness (QED) is 0.406. The minimum Gasteiger partial charge on any atom is -1.00 e. The van der Waals surface area contributed by atoms with Crippen LogP contribution in [0.2, 0.25) is 4.73 Å². The van der Waals surface area contributed by atoms with Crippen LogP contribution in [0.4, 0.5) is 0 Å². The average molecular weight is 299 g/mol. The topological polar surface area (TPSA) is 37.3 Å². The molecule has 0 radical (unpaired) electrons. The largest absolute Gasteiger partial charge is 1.00 e. The fraction of sp³-hybridized carbons (Fsp3) is 0.444. The maximum absolute atomic E-state index is 11.3. The van der Waals surface area contributed by atoms with Gasteiger partial charge in [0, 0.05) is 0 Å². The molecule has 0 spiro atoms. The van der Waals surface area contributed by atoms with E-state index in [1.165, 1.54) is 19.0 Å². The maximum Gasteiger partial charge on any atom is -1.00 e. The summed E-state index contributed by atoms with van der Waals surface area (Å²) in [6.07, 6.45) is 3.86. The average Bonchev–Trinajstić information content (AvgIpc) is 2.78. The minimum atomic E-state index is -0.161. The van der Waals surface area contributed by atoms with Gasteiger partial charge in [-0.15, -0.1) is 0 Å². The standard InChI is InChI=1S/C5H3OSi.C4H9O.2ClH.Ti/c6-3-1-4-5(2-3)7-4;1-2-3-4-5;;;/h1H,7H2;5H,1-4H2;2*1H;/q;;;;+2/p-2. The molecule has 1 saturated heterocycles. The Hall–Kier alpha value is 0.621. The number of aliphatic hydroxyl groups excluding tert-OH is 1. The van der Waals surface area contributed by atoms with Gasteiger partial charge in [0.15, 0.2) is 0 Å². The Morgan fingerprint density at radius 2 is 2.07 bits per heavy atom. The Morgan fingerprint density at radius 1 is 1.33 bits per heavy atom. The van der Waals surface area contributed by atoms with Crippen LogP contribution in [0.15, 0.2) is 20.3 Å². The van der Waals surface area contributed by atoms with Crippen molar-refractivity contribution >= 4 is 15.3 Å². The van der Waals surface area contributed by atoms with Gasteiger partial charge in [-0.25, -0.2) is 0 Å². The van der Waals surface area contributed by atoms with Crippen molar-refractivity contribution in [3.63, 3.8) is 0 Å². The van der Waals surface area contributed by atoms with Crippen LogP contribution in [-0.4, -0.2) is 27.0 Å². The zero-order valence-electron chi connectivity index (χ0n) is 8.22. The molecule has 1 fully saturated rings. The summed E-state index contributed by atoms with van der Waals surface area (Å²) in [5.74, 6) is 0.327. The molecule has 0 bridgehead atoms. The van der Waals surface area contributed by atoms with Crippen LogP contribution >= 0.6 is 0 Å². The second kappa shape index (κ2) is 7.05. The summed E-state index contributed by atoms with van der Waals surface area (Å²) in [5, 5.41) is 11.5. The molecule has 2 aliphatic rings. The van der Waals surface area contributed by atoms with Gasteiger partial charge in [-0.1, -0.05) is 0 Å². The molecule has 0 aromatic rings. The Kier molecular flexibility index (Phi) is 7.34. The van der Waals surface area contributed by atoms with Gasteiger partial charge in [0.25, 0.3) is 0 Å². The number of fused-ring (bicyclic) bond motifs is 1. The first kappa shape index (κ1) is 15.6. The van der Waals surface area contributed by atoms with Crippen molar-refractivity contribution in [1.29, 1.82) is 0 Å². The summed E-state index contributed by atoms with van der Waals surface area (Å²) < 4.78 is 2.42. The molecule has 2 nitrogen and oxygen atoms in total. The molecule has 6 heteroatoms. The van der Waals surface area contributed by atoms with E-state index in [1.807, 2.05) is 6.08 Å². The monoisotopic (exact) mass is 298 g/mol. The van der Waals surface area contributed by atoms with Crippen LogP contribution in [0.3, 0.4) is 0 Å². The van der Waals surface area contributed by atoms with E-state index < -0.39 is 0 Å². The normalized spacial score (nSPS) is 17.7. The minimum absolute atomic E-state index is 0. The molecular weight excluding hydrogens is 287 g/mol. The summed E-state index contributed by atoms with van der Waals surface area (Å²) in [5.41, 5.74) is 0. The molecule has 82 valence electrons. The first-order valence-corrected chi connectivity index (χ1v) is 7.96. The van der Waals surface area contributed by atoms with Crippen LogP contribution in [0.1, 0.15) is 12.8 Å². The van der Waals surface area contributed by atoms with Crippen LogP contribution in [0.25, 0.3) is 0 Å². The molecule has 1 aliphatic heterocycles. The van der Waals surface area contributed by atoms with Gasteiger partial charge >= 0.3 is 88.9 Å². The number of carbonyl (C=O) groups is 1. The predicted octanol–water partition coefficient (Wildman–Crippen LogP) is -5.87. The number of rotatable bonds is 5. The number of carbonyl (C=O) groups excluding carboxylic acids is 1. The Labute approximate surface area is 113 Å². The van der Waals surface area contributed by atoms with Gasteiger partial charge in [-0.05, 0) is 0 Å². The summed E-state index contributed by atoms with van der Waals surface area (Å²) in [6, 6.07) is 0. The fourth-order valence-electron chi connectivity index (χ4n) is 1.56. The Balaban J connectivity index is 0.000000980. The van der Waals surface area contributed by atoms with E-state index in [1.54, 1.807) is 0 Å². The number of halogens is 2. The van der Waals surface area contributed by atoms with Crippen molar-refractivity contribution in [2.75, 3.05) is 6.61 Å². The van der Waals surface area contributed by atoms with Gasteiger partial charge in [0.2, 0.25) is 0 Å². The molecule has 15 heavy (non-hydrogen) atoms. The molecule has 2 rings (SSSR count). The van der Waals surface area contributed by atoms with Crippen molar-refractivity contribution in [2.24, 2.45) is 0 Å². The SMILES string of the molecule is O=C1C=C2[SiH2]C2=[C]1[Ti+2][CH2]CCCO.[Cl-].[Cl-]. The van der Waals surface area contributed by atoms with Crippen LogP contribution in [0, 0.1) is 0 Å². The molecular formula is C9H12Cl2O2SiTi. The van der Waals surface area contributed by atoms with Crippen LogP contribution in [-0.2, 0) is 23.9 Å². The molecule has 0 aromatic carbocycles. The summed E-state index contributed by atoms with van der Waals surface area (Å²) in [4.78, 5) is 11.3. The van der Waals surface area contributed by atoms with Gasteiger partial charge < -0.3 is 24.8 Å². The van der Waals surface area contributed by atoms with Crippen molar-refractivity contribution in [2.45, 2.75) is 17.6 Å². The smallest absolute Gasteiger partial charge is 1.00 e. The number of ketones is 1. The third-order valence-corrected chi connectivity index (χ3v) is 6.95. The third-order valence-electron chi connectivity index (χ3n) is 2.37. The van der Waals surface area contributed by atoms with Crippen molar-refractivity contribution < 1.29 is 53.9 Å². The molecule has 0 amide bonds. The van der Waals surface area contributed by atoms with E-state index in [2.05, 4.69) is 0 Å².